The molecule has 0 atom stereocenters. The summed E-state index contributed by atoms with van der Waals surface area (Å²) >= 11 is 5.11. The highest BCUT2D eigenvalue weighted by Crippen LogP contribution is 2.17. The molecule has 0 aliphatic carbocycles. The zero-order chi connectivity index (χ0) is 9.26. The third-order valence-corrected chi connectivity index (χ3v) is 2.24. The van der Waals surface area contributed by atoms with Gasteiger partial charge in [-0.05, 0) is 12.1 Å². The second kappa shape index (κ2) is 3.00. The van der Waals surface area contributed by atoms with E-state index in [-0.39, 0.29) is 0 Å². The molecule has 3 heteroatoms. The van der Waals surface area contributed by atoms with Gasteiger partial charge in [-0.25, -0.2) is 0 Å². The smallest absolute Gasteiger partial charge is 0.135 e. The third kappa shape index (κ3) is 1.21. The Balaban J connectivity index is 2.98. The van der Waals surface area contributed by atoms with E-state index in [9.17, 15) is 0 Å². The second-order valence-corrected chi connectivity index (χ2v) is 2.99. The maximum Gasteiger partial charge on any atom is 0.135 e. The van der Waals surface area contributed by atoms with Crippen molar-refractivity contribution in [1.29, 1.82) is 5.26 Å². The summed E-state index contributed by atoms with van der Waals surface area (Å²) in [5.74, 6) is 0. The van der Waals surface area contributed by atoms with Crippen LogP contribution < -0.4 is 0 Å². The molecular formula is C10H5NOS. The van der Waals surface area contributed by atoms with E-state index in [0.29, 0.717) is 15.7 Å². The Hall–Kier alpha value is -1.66. The molecule has 0 spiro atoms. The lowest BCUT2D eigenvalue weighted by Crippen LogP contribution is -1.78. The number of para-hydroxylation sites is 1. The molecule has 0 N–H and O–H groups in total. The van der Waals surface area contributed by atoms with Gasteiger partial charge in [0.15, 0.2) is 0 Å². The number of rotatable bonds is 0. The molecule has 2 aromatic rings. The fraction of sp³-hybridized carbons (Fsp3) is 0. The average molecular weight is 187 g/mol. The molecule has 0 bridgehead atoms. The van der Waals surface area contributed by atoms with Crippen LogP contribution in [0.15, 0.2) is 34.9 Å². The monoisotopic (exact) mass is 187 g/mol. The van der Waals surface area contributed by atoms with Crippen molar-refractivity contribution in [2.24, 2.45) is 0 Å². The van der Waals surface area contributed by atoms with Gasteiger partial charge in [0, 0.05) is 5.39 Å². The predicted octanol–water partition coefficient (Wildman–Crippen LogP) is 3.03. The van der Waals surface area contributed by atoms with Gasteiger partial charge in [-0.1, -0.05) is 24.4 Å². The van der Waals surface area contributed by atoms with E-state index >= 15 is 0 Å². The Bertz CT molecular complexity index is 551. The quantitative estimate of drug-likeness (QED) is 0.595. The van der Waals surface area contributed by atoms with Gasteiger partial charge < -0.3 is 4.42 Å². The summed E-state index contributed by atoms with van der Waals surface area (Å²) in [6.07, 6.45) is 1.39. The van der Waals surface area contributed by atoms with Gasteiger partial charge >= 0.3 is 0 Å². The summed E-state index contributed by atoms with van der Waals surface area (Å²) < 4.78 is 5.78. The van der Waals surface area contributed by atoms with Gasteiger partial charge in [0.05, 0.1) is 4.51 Å². The highest BCUT2D eigenvalue weighted by molar-refractivity contribution is 7.71. The molecule has 2 rings (SSSR count). The maximum absolute atomic E-state index is 8.70. The van der Waals surface area contributed by atoms with Crippen LogP contribution in [-0.2, 0) is 0 Å². The lowest BCUT2D eigenvalue weighted by Gasteiger charge is -1.96. The van der Waals surface area contributed by atoms with Crippen LogP contribution in [0.3, 0.4) is 0 Å². The van der Waals surface area contributed by atoms with Gasteiger partial charge in [0.1, 0.15) is 23.5 Å². The summed E-state index contributed by atoms with van der Waals surface area (Å²) in [6, 6.07) is 9.40. The Labute approximate surface area is 80.0 Å². The lowest BCUT2D eigenvalue weighted by atomic mass is 10.2. The van der Waals surface area contributed by atoms with Gasteiger partial charge in [0.25, 0.3) is 0 Å². The average Bonchev–Trinajstić information content (AvgIpc) is 2.19. The van der Waals surface area contributed by atoms with Crippen LogP contribution in [-0.4, -0.2) is 0 Å². The normalized spacial score (nSPS) is 9.77. The van der Waals surface area contributed by atoms with E-state index in [0.717, 1.165) is 5.39 Å². The van der Waals surface area contributed by atoms with Gasteiger partial charge in [-0.3, -0.25) is 0 Å². The molecule has 1 heterocycles. The van der Waals surface area contributed by atoms with Crippen LogP contribution in [0.5, 0.6) is 0 Å². The molecule has 0 radical (unpaired) electrons. The van der Waals surface area contributed by atoms with Crippen molar-refractivity contribution in [2.45, 2.75) is 0 Å². The van der Waals surface area contributed by atoms with Crippen LogP contribution >= 0.6 is 12.2 Å². The van der Waals surface area contributed by atoms with E-state index in [4.69, 9.17) is 21.9 Å². The van der Waals surface area contributed by atoms with Crippen molar-refractivity contribution in [3.63, 3.8) is 0 Å². The van der Waals surface area contributed by atoms with Gasteiger partial charge in [-0.15, -0.1) is 0 Å². The van der Waals surface area contributed by atoms with Crippen molar-refractivity contribution in [2.75, 3.05) is 0 Å². The minimum absolute atomic E-state index is 0.411. The van der Waals surface area contributed by atoms with E-state index in [2.05, 4.69) is 0 Å². The van der Waals surface area contributed by atoms with Crippen LogP contribution in [0.4, 0.5) is 0 Å². The number of benzene rings is 1. The number of hydrogen-bond acceptors (Lipinski definition) is 3. The molecule has 0 saturated carbocycles. The van der Waals surface area contributed by atoms with E-state index in [1.807, 2.05) is 30.3 Å². The first-order valence-corrected chi connectivity index (χ1v) is 4.14. The minimum atomic E-state index is 0.411. The SMILES string of the molecule is N#Cc1coc2ccccc2c1=S. The number of hydrogen-bond donors (Lipinski definition) is 0. The summed E-state index contributed by atoms with van der Waals surface area (Å²) in [7, 11) is 0. The van der Waals surface area contributed by atoms with E-state index < -0.39 is 0 Å². The fourth-order valence-corrected chi connectivity index (χ4v) is 1.42. The van der Waals surface area contributed by atoms with Gasteiger partial charge in [-0.2, -0.15) is 5.26 Å². The van der Waals surface area contributed by atoms with Crippen LogP contribution in [0.2, 0.25) is 0 Å². The molecular weight excluding hydrogens is 182 g/mol. The Morgan fingerprint density at radius 2 is 2.08 bits per heavy atom. The van der Waals surface area contributed by atoms with E-state index in [1.54, 1.807) is 0 Å². The van der Waals surface area contributed by atoms with Crippen molar-refractivity contribution in [1.82, 2.24) is 0 Å². The molecule has 1 aromatic heterocycles. The Morgan fingerprint density at radius 3 is 2.85 bits per heavy atom. The molecule has 62 valence electrons. The summed E-state index contributed by atoms with van der Waals surface area (Å²) in [4.78, 5) is 0. The van der Waals surface area contributed by atoms with Crippen molar-refractivity contribution in [3.8, 4) is 6.07 Å². The molecule has 0 fully saturated rings. The zero-order valence-corrected chi connectivity index (χ0v) is 7.47. The summed E-state index contributed by atoms with van der Waals surface area (Å²) in [6.45, 7) is 0. The molecule has 2 nitrogen and oxygen atoms in total. The highest BCUT2D eigenvalue weighted by Gasteiger charge is 2.00. The molecule has 0 amide bonds. The lowest BCUT2D eigenvalue weighted by molar-refractivity contribution is 0.601. The molecule has 0 aliphatic rings. The Kier molecular flexibility index (Phi) is 1.84. The predicted molar refractivity (Wildman–Crippen MR) is 51.8 cm³/mol. The fourth-order valence-electron chi connectivity index (χ4n) is 1.16. The summed E-state index contributed by atoms with van der Waals surface area (Å²) in [5, 5.41) is 9.52. The van der Waals surface area contributed by atoms with Crippen molar-refractivity contribution >= 4 is 23.2 Å². The molecule has 0 aliphatic heterocycles. The first-order valence-electron chi connectivity index (χ1n) is 3.73. The Morgan fingerprint density at radius 1 is 1.31 bits per heavy atom. The van der Waals surface area contributed by atoms with Crippen molar-refractivity contribution in [3.05, 3.63) is 40.6 Å². The maximum atomic E-state index is 8.70. The number of nitriles is 1. The van der Waals surface area contributed by atoms with Crippen molar-refractivity contribution < 1.29 is 4.42 Å². The van der Waals surface area contributed by atoms with Gasteiger partial charge in [0.2, 0.25) is 0 Å². The minimum Gasteiger partial charge on any atom is -0.463 e. The molecule has 1 aromatic carbocycles. The second-order valence-electron chi connectivity index (χ2n) is 2.59. The summed E-state index contributed by atoms with van der Waals surface area (Å²) in [5.41, 5.74) is 1.13. The highest BCUT2D eigenvalue weighted by atomic mass is 32.1. The number of fused-ring (bicyclic) bond motifs is 1. The van der Waals surface area contributed by atoms with E-state index in [1.165, 1.54) is 6.26 Å². The molecule has 13 heavy (non-hydrogen) atoms. The largest absolute Gasteiger partial charge is 0.463 e. The van der Waals surface area contributed by atoms with Crippen LogP contribution in [0.1, 0.15) is 5.56 Å². The zero-order valence-electron chi connectivity index (χ0n) is 6.65. The molecule has 0 unspecified atom stereocenters. The first kappa shape index (κ1) is 7.96. The molecule has 0 saturated heterocycles. The van der Waals surface area contributed by atoms with Crippen LogP contribution in [0.25, 0.3) is 11.0 Å². The first-order chi connectivity index (χ1) is 6.33. The van der Waals surface area contributed by atoms with Crippen LogP contribution in [0, 0.1) is 15.8 Å². The standard InChI is InChI=1S/C10H5NOS/c11-5-7-6-12-9-4-2-1-3-8(9)10(7)13/h1-4,6H. The third-order valence-electron chi connectivity index (χ3n) is 1.80. The topological polar surface area (TPSA) is 36.9 Å². The number of nitrogens with zero attached hydrogens (tertiary/aromatic N) is 1.